The van der Waals surface area contributed by atoms with Gasteiger partial charge in [-0.3, -0.25) is 19.6 Å². The largest absolute Gasteiger partial charge is 0.416 e. The summed E-state index contributed by atoms with van der Waals surface area (Å²) in [6.07, 6.45) is -0.407. The highest BCUT2D eigenvalue weighted by Crippen LogP contribution is 2.38. The van der Waals surface area contributed by atoms with E-state index in [2.05, 4.69) is 4.98 Å². The normalized spacial score (nSPS) is 19.5. The Kier molecular flexibility index (Phi) is 5.47. The molecule has 1 spiro atoms. The predicted molar refractivity (Wildman–Crippen MR) is 107 cm³/mol. The van der Waals surface area contributed by atoms with Gasteiger partial charge in [0.2, 0.25) is 0 Å². The summed E-state index contributed by atoms with van der Waals surface area (Å²) in [6.45, 7) is 1.16. The summed E-state index contributed by atoms with van der Waals surface area (Å²) >= 11 is 0. The van der Waals surface area contributed by atoms with Gasteiger partial charge in [0.1, 0.15) is 5.54 Å². The molecule has 0 N–H and O–H groups in total. The number of hydrogen-bond donors (Lipinski definition) is 0. The molecule has 1 aromatic carbocycles. The number of alkyl halides is 3. The number of likely N-dealkylation sites (N-methyl/N-ethyl adjacent to an activating group) is 1. The zero-order valence-corrected chi connectivity index (χ0v) is 17.1. The van der Waals surface area contributed by atoms with Crippen molar-refractivity contribution in [1.82, 2.24) is 19.7 Å². The van der Waals surface area contributed by atoms with Crippen LogP contribution in [0.15, 0.2) is 48.8 Å². The second-order valence-electron chi connectivity index (χ2n) is 8.06. The standard InChI is InChI=1S/C22H23F3N4O2/c1-27-20(31)29(14-16-5-4-10-26-13-16)19(30)21(27)8-11-28(12-9-21)15-17-6-2-3-7-18(17)22(23,24)25/h2-7,10,13H,8-9,11-12,14-15H2,1H3. The van der Waals surface area contributed by atoms with E-state index >= 15 is 0 Å². The number of pyridine rings is 1. The van der Waals surface area contributed by atoms with Gasteiger partial charge in [-0.2, -0.15) is 13.2 Å². The van der Waals surface area contributed by atoms with Crippen LogP contribution in [0.4, 0.5) is 18.0 Å². The lowest BCUT2D eigenvalue weighted by Gasteiger charge is -2.41. The van der Waals surface area contributed by atoms with Gasteiger partial charge < -0.3 is 4.90 Å². The first-order chi connectivity index (χ1) is 14.7. The van der Waals surface area contributed by atoms with Gasteiger partial charge in [0, 0.05) is 39.1 Å². The van der Waals surface area contributed by atoms with E-state index in [0.29, 0.717) is 25.9 Å². The first kappa shape index (κ1) is 21.3. The van der Waals surface area contributed by atoms with Crippen molar-refractivity contribution in [3.63, 3.8) is 0 Å². The number of urea groups is 1. The monoisotopic (exact) mass is 432 g/mol. The van der Waals surface area contributed by atoms with Crippen LogP contribution < -0.4 is 0 Å². The van der Waals surface area contributed by atoms with Gasteiger partial charge in [0.25, 0.3) is 5.91 Å². The predicted octanol–water partition coefficient (Wildman–Crippen LogP) is 3.53. The van der Waals surface area contributed by atoms with E-state index in [0.717, 1.165) is 11.6 Å². The smallest absolute Gasteiger partial charge is 0.312 e. The maximum Gasteiger partial charge on any atom is 0.416 e. The minimum absolute atomic E-state index is 0.150. The molecule has 0 radical (unpaired) electrons. The Morgan fingerprint density at radius 1 is 1.03 bits per heavy atom. The number of carbonyl (C=O) groups is 2. The number of likely N-dealkylation sites (tertiary alicyclic amines) is 1. The topological polar surface area (TPSA) is 56.8 Å². The number of carbonyl (C=O) groups excluding carboxylic acids is 2. The summed E-state index contributed by atoms with van der Waals surface area (Å²) in [5.74, 6) is -0.251. The number of halogens is 3. The number of piperidine rings is 1. The molecule has 31 heavy (non-hydrogen) atoms. The van der Waals surface area contributed by atoms with Crippen LogP contribution in [0.2, 0.25) is 0 Å². The van der Waals surface area contributed by atoms with E-state index in [1.807, 2.05) is 4.90 Å². The molecule has 0 unspecified atom stereocenters. The van der Waals surface area contributed by atoms with Crippen LogP contribution >= 0.6 is 0 Å². The summed E-state index contributed by atoms with van der Waals surface area (Å²) in [5.41, 5.74) is -0.608. The third kappa shape index (κ3) is 3.89. The molecule has 3 amide bonds. The van der Waals surface area contributed by atoms with Crippen molar-refractivity contribution in [1.29, 1.82) is 0 Å². The Morgan fingerprint density at radius 3 is 2.39 bits per heavy atom. The molecular weight excluding hydrogens is 409 g/mol. The molecule has 9 heteroatoms. The quantitative estimate of drug-likeness (QED) is 0.694. The summed E-state index contributed by atoms with van der Waals surface area (Å²) in [7, 11) is 1.62. The van der Waals surface area contributed by atoms with Gasteiger partial charge in [0.15, 0.2) is 0 Å². The highest BCUT2D eigenvalue weighted by molar-refractivity contribution is 6.06. The number of rotatable bonds is 4. The second-order valence-corrected chi connectivity index (χ2v) is 8.06. The first-order valence-corrected chi connectivity index (χ1v) is 10.1. The van der Waals surface area contributed by atoms with Crippen LogP contribution in [0, 0.1) is 0 Å². The first-order valence-electron chi connectivity index (χ1n) is 10.1. The average Bonchev–Trinajstić information content (AvgIpc) is 2.92. The Labute approximate surface area is 178 Å². The lowest BCUT2D eigenvalue weighted by Crippen LogP contribution is -2.55. The van der Waals surface area contributed by atoms with E-state index in [-0.39, 0.29) is 30.6 Å². The summed E-state index contributed by atoms with van der Waals surface area (Å²) in [6, 6.07) is 8.75. The van der Waals surface area contributed by atoms with E-state index < -0.39 is 17.3 Å². The second kappa shape index (κ2) is 7.96. The SMILES string of the molecule is CN1C(=O)N(Cc2cccnc2)C(=O)C12CCN(Cc1ccccc1C(F)(F)F)CC2. The van der Waals surface area contributed by atoms with E-state index in [1.165, 1.54) is 21.9 Å². The van der Waals surface area contributed by atoms with Crippen molar-refractivity contribution in [2.75, 3.05) is 20.1 Å². The molecule has 2 saturated heterocycles. The molecule has 6 nitrogen and oxygen atoms in total. The van der Waals surface area contributed by atoms with Gasteiger partial charge in [0.05, 0.1) is 12.1 Å². The molecule has 1 aromatic heterocycles. The molecular formula is C22H23F3N4O2. The number of hydrogen-bond acceptors (Lipinski definition) is 4. The lowest BCUT2D eigenvalue weighted by atomic mass is 9.86. The third-order valence-electron chi connectivity index (χ3n) is 6.27. The number of aromatic nitrogens is 1. The van der Waals surface area contributed by atoms with Gasteiger partial charge in [-0.1, -0.05) is 24.3 Å². The van der Waals surface area contributed by atoms with E-state index in [4.69, 9.17) is 0 Å². The molecule has 2 fully saturated rings. The molecule has 0 bridgehead atoms. The van der Waals surface area contributed by atoms with Crippen molar-refractivity contribution >= 4 is 11.9 Å². The number of amides is 3. The maximum atomic E-state index is 13.3. The molecule has 0 atom stereocenters. The molecule has 4 rings (SSSR count). The van der Waals surface area contributed by atoms with Crippen LogP contribution in [0.5, 0.6) is 0 Å². The van der Waals surface area contributed by atoms with Crippen molar-refractivity contribution in [3.8, 4) is 0 Å². The molecule has 2 aromatic rings. The molecule has 0 saturated carbocycles. The molecule has 2 aliphatic rings. The third-order valence-corrected chi connectivity index (χ3v) is 6.27. The summed E-state index contributed by atoms with van der Waals surface area (Å²) in [4.78, 5) is 34.7. The van der Waals surface area contributed by atoms with Crippen molar-refractivity contribution in [2.24, 2.45) is 0 Å². The molecule has 0 aliphatic carbocycles. The van der Waals surface area contributed by atoms with Gasteiger partial charge in [-0.15, -0.1) is 0 Å². The number of benzene rings is 1. The van der Waals surface area contributed by atoms with Crippen LogP contribution in [0.25, 0.3) is 0 Å². The lowest BCUT2D eigenvalue weighted by molar-refractivity contribution is -0.138. The van der Waals surface area contributed by atoms with Crippen LogP contribution in [0.1, 0.15) is 29.5 Å². The Balaban J connectivity index is 1.46. The Morgan fingerprint density at radius 2 is 1.74 bits per heavy atom. The number of imide groups is 1. The molecule has 3 heterocycles. The molecule has 2 aliphatic heterocycles. The fourth-order valence-corrected chi connectivity index (χ4v) is 4.47. The highest BCUT2D eigenvalue weighted by Gasteiger charge is 2.56. The van der Waals surface area contributed by atoms with E-state index in [1.54, 1.807) is 37.6 Å². The zero-order valence-electron chi connectivity index (χ0n) is 17.1. The maximum absolute atomic E-state index is 13.3. The van der Waals surface area contributed by atoms with E-state index in [9.17, 15) is 22.8 Å². The Bertz CT molecular complexity index is 972. The van der Waals surface area contributed by atoms with Gasteiger partial charge in [-0.05, 0) is 36.1 Å². The van der Waals surface area contributed by atoms with Gasteiger partial charge in [-0.25, -0.2) is 4.79 Å². The van der Waals surface area contributed by atoms with Crippen LogP contribution in [-0.4, -0.2) is 57.3 Å². The average molecular weight is 432 g/mol. The van der Waals surface area contributed by atoms with Crippen LogP contribution in [-0.2, 0) is 24.1 Å². The highest BCUT2D eigenvalue weighted by atomic mass is 19.4. The number of nitrogens with zero attached hydrogens (tertiary/aromatic N) is 4. The van der Waals surface area contributed by atoms with Crippen molar-refractivity contribution in [3.05, 3.63) is 65.5 Å². The minimum Gasteiger partial charge on any atom is -0.312 e. The van der Waals surface area contributed by atoms with Crippen molar-refractivity contribution in [2.45, 2.75) is 37.6 Å². The fraction of sp³-hybridized carbons (Fsp3) is 0.409. The Hall–Kier alpha value is -2.94. The molecule has 164 valence electrons. The summed E-state index contributed by atoms with van der Waals surface area (Å²) in [5, 5.41) is 0. The zero-order chi connectivity index (χ0) is 22.2. The van der Waals surface area contributed by atoms with Crippen molar-refractivity contribution < 1.29 is 22.8 Å². The van der Waals surface area contributed by atoms with Gasteiger partial charge >= 0.3 is 12.2 Å². The van der Waals surface area contributed by atoms with Crippen LogP contribution in [0.3, 0.4) is 0 Å². The summed E-state index contributed by atoms with van der Waals surface area (Å²) < 4.78 is 39.9. The minimum atomic E-state index is -4.41. The fourth-order valence-electron chi connectivity index (χ4n) is 4.47.